The van der Waals surface area contributed by atoms with E-state index >= 15 is 0 Å². The Morgan fingerprint density at radius 3 is 2.68 bits per heavy atom. The van der Waals surface area contributed by atoms with Gasteiger partial charge in [0, 0.05) is 12.6 Å². The highest BCUT2D eigenvalue weighted by Crippen LogP contribution is 2.27. The molecule has 22 heavy (non-hydrogen) atoms. The molecule has 3 rings (SSSR count). The zero-order valence-electron chi connectivity index (χ0n) is 12.5. The van der Waals surface area contributed by atoms with E-state index in [2.05, 4.69) is 10.1 Å². The summed E-state index contributed by atoms with van der Waals surface area (Å²) in [7, 11) is 2.99. The van der Waals surface area contributed by atoms with E-state index in [9.17, 15) is 4.79 Å². The van der Waals surface area contributed by atoms with E-state index in [0.29, 0.717) is 28.1 Å². The van der Waals surface area contributed by atoms with E-state index in [0.717, 1.165) is 10.6 Å². The predicted octanol–water partition coefficient (Wildman–Crippen LogP) is 2.83. The SMILES string of the molecule is CON(C)C(=O)c1cc(-c2ccccc2)nc2onc(C)c12. The first-order valence-electron chi connectivity index (χ1n) is 6.76. The van der Waals surface area contributed by atoms with Gasteiger partial charge in [-0.15, -0.1) is 0 Å². The van der Waals surface area contributed by atoms with Gasteiger partial charge in [0.25, 0.3) is 11.6 Å². The molecule has 0 saturated carbocycles. The van der Waals surface area contributed by atoms with E-state index < -0.39 is 0 Å². The Labute approximate surface area is 127 Å². The second-order valence-corrected chi connectivity index (χ2v) is 4.85. The maximum atomic E-state index is 12.5. The highest BCUT2D eigenvalue weighted by molar-refractivity contribution is 6.06. The molecule has 0 aliphatic rings. The zero-order valence-corrected chi connectivity index (χ0v) is 12.5. The largest absolute Gasteiger partial charge is 0.335 e. The van der Waals surface area contributed by atoms with Gasteiger partial charge < -0.3 is 4.52 Å². The Morgan fingerprint density at radius 1 is 1.27 bits per heavy atom. The number of hydrogen-bond acceptors (Lipinski definition) is 5. The Hall–Kier alpha value is -2.73. The van der Waals surface area contributed by atoms with Crippen LogP contribution in [0.2, 0.25) is 0 Å². The standard InChI is InChI=1S/C16H15N3O3/c1-10-14-12(16(20)19(2)21-3)9-13(17-15(14)22-18-10)11-7-5-4-6-8-11/h4-9H,1-3H3. The summed E-state index contributed by atoms with van der Waals surface area (Å²) in [5.41, 5.74) is 2.96. The minimum Gasteiger partial charge on any atom is -0.335 e. The zero-order chi connectivity index (χ0) is 15.7. The van der Waals surface area contributed by atoms with Crippen molar-refractivity contribution in [1.29, 1.82) is 0 Å². The van der Waals surface area contributed by atoms with Crippen molar-refractivity contribution < 1.29 is 14.2 Å². The number of carbonyl (C=O) groups is 1. The highest BCUT2D eigenvalue weighted by atomic mass is 16.7. The third-order valence-electron chi connectivity index (χ3n) is 3.48. The average Bonchev–Trinajstić information content (AvgIpc) is 2.94. The van der Waals surface area contributed by atoms with Crippen molar-refractivity contribution in [2.24, 2.45) is 0 Å². The van der Waals surface area contributed by atoms with Crippen molar-refractivity contribution in [2.75, 3.05) is 14.2 Å². The molecule has 0 radical (unpaired) electrons. The van der Waals surface area contributed by atoms with E-state index in [1.54, 1.807) is 20.0 Å². The maximum absolute atomic E-state index is 12.5. The number of rotatable bonds is 3. The molecule has 112 valence electrons. The molecular formula is C16H15N3O3. The molecule has 0 unspecified atom stereocenters. The summed E-state index contributed by atoms with van der Waals surface area (Å²) >= 11 is 0. The Morgan fingerprint density at radius 2 is 2.00 bits per heavy atom. The molecule has 0 aliphatic heterocycles. The van der Waals surface area contributed by atoms with Crippen LogP contribution in [-0.2, 0) is 4.84 Å². The number of nitrogens with zero attached hydrogens (tertiary/aromatic N) is 3. The first-order chi connectivity index (χ1) is 10.6. The van der Waals surface area contributed by atoms with Crippen molar-refractivity contribution in [2.45, 2.75) is 6.92 Å². The molecule has 0 spiro atoms. The molecule has 1 aromatic carbocycles. The Balaban J connectivity index is 2.24. The third-order valence-corrected chi connectivity index (χ3v) is 3.48. The van der Waals surface area contributed by atoms with Gasteiger partial charge in [0.15, 0.2) is 0 Å². The second kappa shape index (κ2) is 5.57. The van der Waals surface area contributed by atoms with Crippen LogP contribution in [0, 0.1) is 6.92 Å². The number of amides is 1. The van der Waals surface area contributed by atoms with E-state index in [4.69, 9.17) is 9.36 Å². The lowest BCUT2D eigenvalue weighted by Crippen LogP contribution is -2.25. The van der Waals surface area contributed by atoms with Crippen LogP contribution in [0.1, 0.15) is 16.1 Å². The lowest BCUT2D eigenvalue weighted by Gasteiger charge is -2.14. The van der Waals surface area contributed by atoms with Gasteiger partial charge >= 0.3 is 0 Å². The number of carbonyl (C=O) groups excluding carboxylic acids is 1. The molecule has 0 N–H and O–H groups in total. The average molecular weight is 297 g/mol. The van der Waals surface area contributed by atoms with Gasteiger partial charge in [-0.25, -0.2) is 10.0 Å². The van der Waals surface area contributed by atoms with Crippen LogP contribution in [0.25, 0.3) is 22.4 Å². The fourth-order valence-corrected chi connectivity index (χ4v) is 2.27. The summed E-state index contributed by atoms with van der Waals surface area (Å²) in [5, 5.41) is 5.68. The van der Waals surface area contributed by atoms with Crippen LogP contribution in [-0.4, -0.2) is 35.3 Å². The maximum Gasteiger partial charge on any atom is 0.278 e. The number of hydrogen-bond donors (Lipinski definition) is 0. The smallest absolute Gasteiger partial charge is 0.278 e. The summed E-state index contributed by atoms with van der Waals surface area (Å²) in [4.78, 5) is 22.0. The van der Waals surface area contributed by atoms with Gasteiger partial charge in [0.05, 0.1) is 29.4 Å². The molecule has 0 fully saturated rings. The van der Waals surface area contributed by atoms with Gasteiger partial charge in [-0.05, 0) is 13.0 Å². The van der Waals surface area contributed by atoms with Gasteiger partial charge in [-0.1, -0.05) is 35.5 Å². The summed E-state index contributed by atoms with van der Waals surface area (Å²) in [5.74, 6) is -0.279. The minimum atomic E-state index is -0.279. The van der Waals surface area contributed by atoms with Gasteiger partial charge in [-0.3, -0.25) is 9.63 Å². The first kappa shape index (κ1) is 14.2. The summed E-state index contributed by atoms with van der Waals surface area (Å²) < 4.78 is 5.24. The van der Waals surface area contributed by atoms with Crippen LogP contribution in [0.5, 0.6) is 0 Å². The summed E-state index contributed by atoms with van der Waals surface area (Å²) in [6.45, 7) is 1.78. The second-order valence-electron chi connectivity index (χ2n) is 4.85. The molecule has 6 heteroatoms. The van der Waals surface area contributed by atoms with Crippen molar-refractivity contribution in [3.8, 4) is 11.3 Å². The minimum absolute atomic E-state index is 0.279. The molecule has 1 amide bonds. The Kier molecular flexibility index (Phi) is 3.60. The van der Waals surface area contributed by atoms with Crippen molar-refractivity contribution in [3.63, 3.8) is 0 Å². The Bertz CT molecular complexity index is 827. The molecule has 3 aromatic rings. The molecular weight excluding hydrogens is 282 g/mol. The number of aryl methyl sites for hydroxylation is 1. The molecule has 0 atom stereocenters. The van der Waals surface area contributed by atoms with Crippen molar-refractivity contribution >= 4 is 17.0 Å². The third kappa shape index (κ3) is 2.33. The molecule has 6 nitrogen and oxygen atoms in total. The number of fused-ring (bicyclic) bond motifs is 1. The monoisotopic (exact) mass is 297 g/mol. The van der Waals surface area contributed by atoms with E-state index in [1.807, 2.05) is 30.3 Å². The molecule has 2 heterocycles. The lowest BCUT2D eigenvalue weighted by atomic mass is 10.1. The summed E-state index contributed by atoms with van der Waals surface area (Å²) in [6, 6.07) is 11.3. The van der Waals surface area contributed by atoms with Crippen LogP contribution >= 0.6 is 0 Å². The van der Waals surface area contributed by atoms with Crippen molar-refractivity contribution in [3.05, 3.63) is 47.7 Å². The first-order valence-corrected chi connectivity index (χ1v) is 6.76. The molecule has 2 aromatic heterocycles. The summed E-state index contributed by atoms with van der Waals surface area (Å²) in [6.07, 6.45) is 0. The van der Waals surface area contributed by atoms with Crippen LogP contribution in [0.4, 0.5) is 0 Å². The molecule has 0 saturated heterocycles. The topological polar surface area (TPSA) is 68.5 Å². The fourth-order valence-electron chi connectivity index (χ4n) is 2.27. The number of benzene rings is 1. The normalized spacial score (nSPS) is 10.9. The molecule has 0 bridgehead atoms. The van der Waals surface area contributed by atoms with Gasteiger partial charge in [0.2, 0.25) is 0 Å². The van der Waals surface area contributed by atoms with Gasteiger partial charge in [-0.2, -0.15) is 0 Å². The van der Waals surface area contributed by atoms with Crippen LogP contribution < -0.4 is 0 Å². The number of hydroxylamine groups is 2. The highest BCUT2D eigenvalue weighted by Gasteiger charge is 2.21. The number of aromatic nitrogens is 2. The van der Waals surface area contributed by atoms with E-state index in [1.165, 1.54) is 7.11 Å². The lowest BCUT2D eigenvalue weighted by molar-refractivity contribution is -0.0755. The number of pyridine rings is 1. The van der Waals surface area contributed by atoms with Crippen molar-refractivity contribution in [1.82, 2.24) is 15.2 Å². The quantitative estimate of drug-likeness (QED) is 0.695. The predicted molar refractivity (Wildman–Crippen MR) is 81.1 cm³/mol. The molecule has 0 aliphatic carbocycles. The van der Waals surface area contributed by atoms with Crippen LogP contribution in [0.15, 0.2) is 40.9 Å². The van der Waals surface area contributed by atoms with Gasteiger partial charge in [0.1, 0.15) is 0 Å². The fraction of sp³-hybridized carbons (Fsp3) is 0.188. The van der Waals surface area contributed by atoms with Crippen LogP contribution in [0.3, 0.4) is 0 Å². The van der Waals surface area contributed by atoms with E-state index in [-0.39, 0.29) is 5.91 Å².